The lowest BCUT2D eigenvalue weighted by molar-refractivity contribution is -0.131. The topological polar surface area (TPSA) is 60.7 Å². The zero-order chi connectivity index (χ0) is 17.8. The van der Waals surface area contributed by atoms with Crippen molar-refractivity contribution < 1.29 is 19.4 Å². The summed E-state index contributed by atoms with van der Waals surface area (Å²) in [6.45, 7) is 3.56. The second kappa shape index (κ2) is 5.36. The van der Waals surface area contributed by atoms with Crippen LogP contribution in [0.3, 0.4) is 0 Å². The number of ether oxygens (including phenoxy) is 2. The average molecular weight is 337 g/mol. The fraction of sp³-hybridized carbons (Fsp3) is 0.250. The largest absolute Gasteiger partial charge is 0.454 e. The van der Waals surface area contributed by atoms with Gasteiger partial charge in [0.05, 0.1) is 0 Å². The normalized spacial score (nSPS) is 15.4. The summed E-state index contributed by atoms with van der Waals surface area (Å²) in [5.41, 5.74) is 1.37. The van der Waals surface area contributed by atoms with E-state index in [9.17, 15) is 9.90 Å². The van der Waals surface area contributed by atoms with E-state index in [1.165, 1.54) is 6.92 Å². The predicted octanol–water partition coefficient (Wildman–Crippen LogP) is 3.04. The van der Waals surface area contributed by atoms with Gasteiger partial charge in [-0.2, -0.15) is 0 Å². The Kier molecular flexibility index (Phi) is 3.37. The first kappa shape index (κ1) is 15.7. The maximum absolute atomic E-state index is 12.6. The van der Waals surface area contributed by atoms with Crippen molar-refractivity contribution in [2.24, 2.45) is 7.05 Å². The molecule has 0 saturated heterocycles. The van der Waals surface area contributed by atoms with Crippen LogP contribution in [0.5, 0.6) is 11.5 Å². The first-order valence-corrected chi connectivity index (χ1v) is 8.11. The highest BCUT2D eigenvalue weighted by atomic mass is 16.7. The predicted molar refractivity (Wildman–Crippen MR) is 93.9 cm³/mol. The van der Waals surface area contributed by atoms with Gasteiger partial charge in [0, 0.05) is 29.7 Å². The monoisotopic (exact) mass is 337 g/mol. The smallest absolute Gasteiger partial charge is 0.231 e. The highest BCUT2D eigenvalue weighted by Gasteiger charge is 2.40. The van der Waals surface area contributed by atoms with Crippen LogP contribution in [0.15, 0.2) is 42.6 Å². The molecule has 1 unspecified atom stereocenters. The molecular weight excluding hydrogens is 318 g/mol. The van der Waals surface area contributed by atoms with Crippen LogP contribution in [0.2, 0.25) is 0 Å². The Labute approximate surface area is 145 Å². The fourth-order valence-corrected chi connectivity index (χ4v) is 3.45. The molecule has 1 aliphatic rings. The van der Waals surface area contributed by atoms with Crippen LogP contribution in [0.25, 0.3) is 10.9 Å². The summed E-state index contributed by atoms with van der Waals surface area (Å²) < 4.78 is 12.7. The fourth-order valence-electron chi connectivity index (χ4n) is 3.45. The quantitative estimate of drug-likeness (QED) is 0.798. The number of nitrogens with zero attached hydrogens (tertiary/aromatic N) is 1. The summed E-state index contributed by atoms with van der Waals surface area (Å²) in [4.78, 5) is 12.6. The van der Waals surface area contributed by atoms with E-state index in [1.807, 2.05) is 42.9 Å². The summed E-state index contributed by atoms with van der Waals surface area (Å²) in [6, 6.07) is 11.1. The van der Waals surface area contributed by atoms with Gasteiger partial charge in [-0.25, -0.2) is 0 Å². The van der Waals surface area contributed by atoms with Crippen molar-refractivity contribution in [3.05, 3.63) is 59.3 Å². The van der Waals surface area contributed by atoms with Crippen LogP contribution >= 0.6 is 0 Å². The molecule has 0 fully saturated rings. The SMILES string of the molecule is CC(=O)C(O)(c1ccc2c(c1)OCO2)c1cn(C)c2cc(C)ccc12. The lowest BCUT2D eigenvalue weighted by Crippen LogP contribution is -2.35. The molecule has 1 atom stereocenters. The number of aryl methyl sites for hydroxylation is 2. The van der Waals surface area contributed by atoms with Crippen molar-refractivity contribution >= 4 is 16.7 Å². The second-order valence-corrected chi connectivity index (χ2v) is 6.51. The summed E-state index contributed by atoms with van der Waals surface area (Å²) in [7, 11) is 1.91. The molecule has 0 radical (unpaired) electrons. The molecule has 2 heterocycles. The van der Waals surface area contributed by atoms with Crippen LogP contribution in [-0.2, 0) is 17.4 Å². The minimum atomic E-state index is -1.75. The Balaban J connectivity index is 1.97. The van der Waals surface area contributed by atoms with Gasteiger partial charge in [0.25, 0.3) is 0 Å². The number of carbonyl (C=O) groups excluding carboxylic acids is 1. The molecule has 25 heavy (non-hydrogen) atoms. The molecule has 0 saturated carbocycles. The van der Waals surface area contributed by atoms with Crippen molar-refractivity contribution in [3.8, 4) is 11.5 Å². The number of aromatic nitrogens is 1. The number of rotatable bonds is 3. The lowest BCUT2D eigenvalue weighted by atomic mass is 9.83. The molecule has 1 N–H and O–H groups in total. The van der Waals surface area contributed by atoms with Crippen LogP contribution in [-0.4, -0.2) is 22.2 Å². The van der Waals surface area contributed by atoms with Crippen molar-refractivity contribution in [1.82, 2.24) is 4.57 Å². The van der Waals surface area contributed by atoms with E-state index in [2.05, 4.69) is 0 Å². The molecule has 0 aliphatic carbocycles. The standard InChI is InChI=1S/C20H19NO4/c1-12-4-6-15-16(10-21(3)17(15)8-12)20(23,13(2)22)14-5-7-18-19(9-14)25-11-24-18/h4-10,23H,11H2,1-3H3. The van der Waals surface area contributed by atoms with E-state index in [4.69, 9.17) is 9.47 Å². The Hall–Kier alpha value is -2.79. The molecule has 5 heteroatoms. The second-order valence-electron chi connectivity index (χ2n) is 6.51. The Morgan fingerprint density at radius 3 is 2.68 bits per heavy atom. The molecule has 0 spiro atoms. The molecule has 0 amide bonds. The number of ketones is 1. The number of hydrogen-bond acceptors (Lipinski definition) is 4. The minimum absolute atomic E-state index is 0.144. The van der Waals surface area contributed by atoms with Crippen LogP contribution in [0.4, 0.5) is 0 Å². The average Bonchev–Trinajstić information content (AvgIpc) is 3.18. The van der Waals surface area contributed by atoms with E-state index in [-0.39, 0.29) is 12.6 Å². The van der Waals surface area contributed by atoms with E-state index in [0.717, 1.165) is 16.5 Å². The van der Waals surface area contributed by atoms with E-state index < -0.39 is 5.60 Å². The van der Waals surface area contributed by atoms with Gasteiger partial charge < -0.3 is 19.1 Å². The van der Waals surface area contributed by atoms with Crippen molar-refractivity contribution in [2.75, 3.05) is 6.79 Å². The molecule has 3 aromatic rings. The number of carbonyl (C=O) groups is 1. The van der Waals surface area contributed by atoms with Crippen LogP contribution in [0, 0.1) is 6.92 Å². The van der Waals surface area contributed by atoms with E-state index in [1.54, 1.807) is 18.2 Å². The van der Waals surface area contributed by atoms with Gasteiger partial charge in [0.15, 0.2) is 22.9 Å². The van der Waals surface area contributed by atoms with Gasteiger partial charge in [-0.3, -0.25) is 4.79 Å². The highest BCUT2D eigenvalue weighted by Crippen LogP contribution is 2.41. The number of Topliss-reactive ketones (excluding diaryl/α,β-unsaturated/α-hetero) is 1. The molecule has 5 nitrogen and oxygen atoms in total. The molecule has 4 rings (SSSR count). The Morgan fingerprint density at radius 1 is 1.16 bits per heavy atom. The first-order chi connectivity index (χ1) is 11.9. The Morgan fingerprint density at radius 2 is 1.92 bits per heavy atom. The zero-order valence-corrected chi connectivity index (χ0v) is 14.4. The van der Waals surface area contributed by atoms with Crippen molar-refractivity contribution in [2.45, 2.75) is 19.4 Å². The van der Waals surface area contributed by atoms with Gasteiger partial charge in [0.1, 0.15) is 0 Å². The number of hydrogen-bond donors (Lipinski definition) is 1. The van der Waals surface area contributed by atoms with Gasteiger partial charge in [-0.05, 0) is 43.2 Å². The minimum Gasteiger partial charge on any atom is -0.454 e. The van der Waals surface area contributed by atoms with Crippen molar-refractivity contribution in [1.29, 1.82) is 0 Å². The van der Waals surface area contributed by atoms with Gasteiger partial charge in [-0.1, -0.05) is 18.2 Å². The summed E-state index contributed by atoms with van der Waals surface area (Å²) in [5, 5.41) is 12.3. The molecule has 1 aromatic heterocycles. The number of benzene rings is 2. The number of fused-ring (bicyclic) bond motifs is 2. The summed E-state index contributed by atoms with van der Waals surface area (Å²) in [6.07, 6.45) is 1.82. The highest BCUT2D eigenvalue weighted by molar-refractivity contribution is 5.97. The molecule has 2 aromatic carbocycles. The maximum Gasteiger partial charge on any atom is 0.231 e. The van der Waals surface area contributed by atoms with Gasteiger partial charge >= 0.3 is 0 Å². The molecule has 128 valence electrons. The molecule has 0 bridgehead atoms. The van der Waals surface area contributed by atoms with Crippen molar-refractivity contribution in [3.63, 3.8) is 0 Å². The van der Waals surface area contributed by atoms with Gasteiger partial charge in [-0.15, -0.1) is 0 Å². The third kappa shape index (κ3) is 2.23. The van der Waals surface area contributed by atoms with Crippen LogP contribution < -0.4 is 9.47 Å². The molecular formula is C20H19NO4. The Bertz CT molecular complexity index is 1000. The maximum atomic E-state index is 12.6. The van der Waals surface area contributed by atoms with E-state index >= 15 is 0 Å². The third-order valence-corrected chi connectivity index (χ3v) is 4.84. The third-order valence-electron chi connectivity index (χ3n) is 4.84. The van der Waals surface area contributed by atoms with Gasteiger partial charge in [0.2, 0.25) is 6.79 Å². The lowest BCUT2D eigenvalue weighted by Gasteiger charge is -2.26. The zero-order valence-electron chi connectivity index (χ0n) is 14.4. The first-order valence-electron chi connectivity index (χ1n) is 8.11. The molecule has 1 aliphatic heterocycles. The van der Waals surface area contributed by atoms with E-state index in [0.29, 0.717) is 22.6 Å². The summed E-state index contributed by atoms with van der Waals surface area (Å²) >= 11 is 0. The van der Waals surface area contributed by atoms with Crippen LogP contribution in [0.1, 0.15) is 23.6 Å². The number of aliphatic hydroxyl groups is 1. The summed E-state index contributed by atoms with van der Waals surface area (Å²) in [5.74, 6) is 0.802.